The molecule has 11 aromatic rings. The molecule has 0 aliphatic carbocycles. The summed E-state index contributed by atoms with van der Waals surface area (Å²) in [6.45, 7) is 4.41. The van der Waals surface area contributed by atoms with Crippen molar-refractivity contribution in [2.24, 2.45) is 0 Å². The third-order valence-electron chi connectivity index (χ3n) is 11.2. The maximum atomic E-state index is 5.35. The van der Waals surface area contributed by atoms with Gasteiger partial charge in [0.25, 0.3) is 0 Å². The van der Waals surface area contributed by atoms with Gasteiger partial charge in [-0.1, -0.05) is 146 Å². The van der Waals surface area contributed by atoms with E-state index in [1.54, 1.807) is 0 Å². The Morgan fingerprint density at radius 3 is 1.59 bits per heavy atom. The minimum absolute atomic E-state index is 1.02. The van der Waals surface area contributed by atoms with Gasteiger partial charge in [-0.05, 0) is 107 Å². The molecule has 0 saturated heterocycles. The summed E-state index contributed by atoms with van der Waals surface area (Å²) in [5.41, 5.74) is 8.27. The molecule has 1 aromatic heterocycles. The molecular weight excluding hydrogens is 617 g/mol. The van der Waals surface area contributed by atoms with Crippen LogP contribution in [0.1, 0.15) is 11.4 Å². The Morgan fingerprint density at radius 1 is 0.373 bits per heavy atom. The third kappa shape index (κ3) is 3.90. The summed E-state index contributed by atoms with van der Waals surface area (Å²) in [6, 6.07) is 58.1. The second-order valence-corrected chi connectivity index (χ2v) is 13.9. The van der Waals surface area contributed by atoms with E-state index < -0.39 is 0 Å². The molecule has 0 aliphatic heterocycles. The van der Waals surface area contributed by atoms with Crippen LogP contribution in [0.3, 0.4) is 0 Å². The van der Waals surface area contributed by atoms with E-state index in [0.717, 1.165) is 17.1 Å². The molecule has 0 bridgehead atoms. The van der Waals surface area contributed by atoms with Gasteiger partial charge in [0.15, 0.2) is 0 Å². The van der Waals surface area contributed by atoms with Crippen LogP contribution < -0.4 is 0 Å². The first kappa shape index (κ1) is 28.3. The topological polar surface area (TPSA) is 17.8 Å². The fourth-order valence-corrected chi connectivity index (χ4v) is 9.11. The lowest BCUT2D eigenvalue weighted by Crippen LogP contribution is -2.01. The smallest absolute Gasteiger partial charge is 0.0734 e. The van der Waals surface area contributed by atoms with Crippen LogP contribution in [0.15, 0.2) is 158 Å². The van der Waals surface area contributed by atoms with Crippen molar-refractivity contribution < 1.29 is 0 Å². The summed E-state index contributed by atoms with van der Waals surface area (Å²) in [5, 5.41) is 23.0. The van der Waals surface area contributed by atoms with Crippen molar-refractivity contribution in [3.8, 4) is 27.9 Å². The van der Waals surface area contributed by atoms with Crippen LogP contribution in [0, 0.1) is 13.8 Å². The molecule has 1 heterocycles. The number of benzene rings is 10. The summed E-state index contributed by atoms with van der Waals surface area (Å²) < 4.78 is 2.20. The summed E-state index contributed by atoms with van der Waals surface area (Å²) in [5.74, 6) is 0. The fraction of sp³-hybridized carbons (Fsp3) is 0.0408. The average molecular weight is 649 g/mol. The first-order valence-corrected chi connectivity index (χ1v) is 17.7. The first-order chi connectivity index (χ1) is 25.2. The van der Waals surface area contributed by atoms with Gasteiger partial charge < -0.3 is 0 Å². The number of hydrogen-bond donors (Lipinski definition) is 0. The monoisotopic (exact) mass is 648 g/mol. The number of aryl methyl sites for hydroxylation is 1. The summed E-state index contributed by atoms with van der Waals surface area (Å²) in [6.07, 6.45) is 0. The van der Waals surface area contributed by atoms with Crippen LogP contribution in [-0.4, -0.2) is 9.78 Å². The molecule has 2 heteroatoms. The van der Waals surface area contributed by atoms with E-state index in [9.17, 15) is 0 Å². The maximum Gasteiger partial charge on any atom is 0.0734 e. The van der Waals surface area contributed by atoms with Crippen LogP contribution in [0.4, 0.5) is 0 Å². The standard InChI is InChI=1S/C49H32N2/c1-29-45(30(2)51(50-29)44-28-34-16-11-14-31-25-26-32-15-12-24-42(44)47(32)46(31)34)49-40-22-9-7-20-38(40)48(39-21-8-10-23-41(39)49)43-27-33-13-3-4-17-35(33)36-18-5-6-19-37(36)43/h3-28H,1-2H3. The lowest BCUT2D eigenvalue weighted by molar-refractivity contribution is 0.841. The maximum absolute atomic E-state index is 5.35. The van der Waals surface area contributed by atoms with Gasteiger partial charge in [-0.2, -0.15) is 5.10 Å². The second kappa shape index (κ2) is 10.5. The predicted octanol–water partition coefficient (Wildman–Crippen LogP) is 13.3. The third-order valence-corrected chi connectivity index (χ3v) is 11.2. The highest BCUT2D eigenvalue weighted by molar-refractivity contribution is 6.27. The van der Waals surface area contributed by atoms with Crippen molar-refractivity contribution in [2.45, 2.75) is 13.8 Å². The molecule has 0 radical (unpaired) electrons. The van der Waals surface area contributed by atoms with E-state index >= 15 is 0 Å². The predicted molar refractivity (Wildman–Crippen MR) is 218 cm³/mol. The van der Waals surface area contributed by atoms with Crippen LogP contribution in [0.5, 0.6) is 0 Å². The molecule has 0 fully saturated rings. The Kier molecular flexibility index (Phi) is 5.83. The number of nitrogens with zero attached hydrogens (tertiary/aromatic N) is 2. The lowest BCUT2D eigenvalue weighted by Gasteiger charge is -2.20. The molecule has 10 aromatic carbocycles. The molecule has 11 rings (SSSR count). The summed E-state index contributed by atoms with van der Waals surface area (Å²) in [7, 11) is 0. The Hall–Kier alpha value is -6.51. The van der Waals surface area contributed by atoms with Crippen LogP contribution in [0.2, 0.25) is 0 Å². The Bertz CT molecular complexity index is 3160. The van der Waals surface area contributed by atoms with Gasteiger partial charge in [-0.3, -0.25) is 0 Å². The fourth-order valence-electron chi connectivity index (χ4n) is 9.11. The van der Waals surface area contributed by atoms with Gasteiger partial charge in [0, 0.05) is 22.2 Å². The number of fused-ring (bicyclic) bond motifs is 5. The van der Waals surface area contributed by atoms with Crippen molar-refractivity contribution >= 4 is 75.4 Å². The van der Waals surface area contributed by atoms with Crippen molar-refractivity contribution in [2.75, 3.05) is 0 Å². The average Bonchev–Trinajstić information content (AvgIpc) is 3.47. The van der Waals surface area contributed by atoms with Gasteiger partial charge in [-0.15, -0.1) is 0 Å². The Morgan fingerprint density at radius 2 is 0.882 bits per heavy atom. The minimum atomic E-state index is 1.02. The molecule has 238 valence electrons. The van der Waals surface area contributed by atoms with Crippen molar-refractivity contribution in [3.05, 3.63) is 169 Å². The molecular formula is C49H32N2. The van der Waals surface area contributed by atoms with Gasteiger partial charge in [-0.25, -0.2) is 4.68 Å². The summed E-state index contributed by atoms with van der Waals surface area (Å²) >= 11 is 0. The van der Waals surface area contributed by atoms with E-state index in [-0.39, 0.29) is 0 Å². The van der Waals surface area contributed by atoms with Crippen LogP contribution in [0.25, 0.3) is 103 Å². The molecule has 0 amide bonds. The van der Waals surface area contributed by atoms with E-state index in [2.05, 4.69) is 176 Å². The molecule has 0 saturated carbocycles. The zero-order valence-electron chi connectivity index (χ0n) is 28.4. The van der Waals surface area contributed by atoms with E-state index in [4.69, 9.17) is 5.10 Å². The van der Waals surface area contributed by atoms with Crippen molar-refractivity contribution in [3.63, 3.8) is 0 Å². The molecule has 0 aliphatic rings. The minimum Gasteiger partial charge on any atom is -0.237 e. The van der Waals surface area contributed by atoms with Crippen LogP contribution >= 0.6 is 0 Å². The van der Waals surface area contributed by atoms with Gasteiger partial charge in [0.2, 0.25) is 0 Å². The largest absolute Gasteiger partial charge is 0.237 e. The van der Waals surface area contributed by atoms with E-state index in [0.29, 0.717) is 0 Å². The molecule has 0 atom stereocenters. The number of aromatic nitrogens is 2. The normalized spacial score (nSPS) is 12.1. The Labute approximate surface area is 295 Å². The zero-order chi connectivity index (χ0) is 33.8. The van der Waals surface area contributed by atoms with Gasteiger partial charge in [0.05, 0.1) is 11.4 Å². The molecule has 0 N–H and O–H groups in total. The first-order valence-electron chi connectivity index (χ1n) is 17.7. The molecule has 0 spiro atoms. The second-order valence-electron chi connectivity index (χ2n) is 13.9. The number of hydrogen-bond acceptors (Lipinski definition) is 1. The number of rotatable bonds is 3. The Balaban J connectivity index is 1.24. The van der Waals surface area contributed by atoms with Gasteiger partial charge >= 0.3 is 0 Å². The van der Waals surface area contributed by atoms with E-state index in [1.165, 1.54) is 97.7 Å². The zero-order valence-corrected chi connectivity index (χ0v) is 28.4. The summed E-state index contributed by atoms with van der Waals surface area (Å²) in [4.78, 5) is 0. The molecule has 51 heavy (non-hydrogen) atoms. The van der Waals surface area contributed by atoms with Crippen molar-refractivity contribution in [1.82, 2.24) is 9.78 Å². The highest BCUT2D eigenvalue weighted by Gasteiger charge is 2.24. The highest BCUT2D eigenvalue weighted by atomic mass is 15.3. The van der Waals surface area contributed by atoms with Gasteiger partial charge in [0.1, 0.15) is 0 Å². The highest BCUT2D eigenvalue weighted by Crippen LogP contribution is 2.48. The SMILES string of the molecule is Cc1nn(-c2cc3cccc4ccc5cccc2c5c43)c(C)c1-c1c2ccccc2c(-c2cc3ccccc3c3ccccc23)c2ccccc12. The lowest BCUT2D eigenvalue weighted by atomic mass is 9.83. The van der Waals surface area contributed by atoms with Crippen LogP contribution in [-0.2, 0) is 0 Å². The molecule has 0 unspecified atom stereocenters. The molecule has 2 nitrogen and oxygen atoms in total. The van der Waals surface area contributed by atoms with E-state index in [1.807, 2.05) is 0 Å². The van der Waals surface area contributed by atoms with Crippen molar-refractivity contribution in [1.29, 1.82) is 0 Å². The quantitative estimate of drug-likeness (QED) is 0.138.